The van der Waals surface area contributed by atoms with Gasteiger partial charge >= 0.3 is 5.97 Å². The highest BCUT2D eigenvalue weighted by molar-refractivity contribution is 5.85. The summed E-state index contributed by atoms with van der Waals surface area (Å²) in [7, 11) is 3.17. The molecular formula is C13H15FN2O2. The van der Waals surface area contributed by atoms with Crippen molar-refractivity contribution in [2.45, 2.75) is 12.5 Å². The summed E-state index contributed by atoms with van der Waals surface area (Å²) in [6.07, 6.45) is 2.18. The summed E-state index contributed by atoms with van der Waals surface area (Å²) in [5.74, 6) is -0.773. The van der Waals surface area contributed by atoms with Crippen LogP contribution in [0.2, 0.25) is 0 Å². The molecule has 1 unspecified atom stereocenters. The number of carbonyl (C=O) groups is 1. The quantitative estimate of drug-likeness (QED) is 0.837. The number of benzene rings is 1. The summed E-state index contributed by atoms with van der Waals surface area (Å²) in [6.45, 7) is 0. The highest BCUT2D eigenvalue weighted by atomic mass is 19.1. The number of aryl methyl sites for hydroxylation is 1. The zero-order valence-electron chi connectivity index (χ0n) is 10.3. The lowest BCUT2D eigenvalue weighted by Gasteiger charge is -2.07. The molecule has 5 heteroatoms. The van der Waals surface area contributed by atoms with E-state index in [-0.39, 0.29) is 5.82 Å². The third-order valence-electron chi connectivity index (χ3n) is 2.98. The van der Waals surface area contributed by atoms with E-state index in [1.54, 1.807) is 6.07 Å². The van der Waals surface area contributed by atoms with E-state index in [4.69, 9.17) is 5.73 Å². The Morgan fingerprint density at radius 1 is 1.56 bits per heavy atom. The first kappa shape index (κ1) is 12.6. The van der Waals surface area contributed by atoms with Gasteiger partial charge in [0.25, 0.3) is 0 Å². The molecule has 0 saturated heterocycles. The number of nitrogens with two attached hydrogens (primary N) is 1. The normalized spacial score (nSPS) is 12.7. The zero-order chi connectivity index (χ0) is 13.3. The number of hydrogen-bond donors (Lipinski definition) is 1. The number of ether oxygens (including phenoxy) is 1. The Labute approximate surface area is 104 Å². The lowest BCUT2D eigenvalue weighted by molar-refractivity contribution is -0.142. The first-order valence-electron chi connectivity index (χ1n) is 5.60. The van der Waals surface area contributed by atoms with Crippen molar-refractivity contribution in [1.82, 2.24) is 4.57 Å². The molecule has 0 bridgehead atoms. The highest BCUT2D eigenvalue weighted by Crippen LogP contribution is 2.22. The summed E-state index contributed by atoms with van der Waals surface area (Å²) in [5.41, 5.74) is 7.46. The lowest BCUT2D eigenvalue weighted by atomic mass is 10.1. The van der Waals surface area contributed by atoms with Gasteiger partial charge in [-0.05, 0) is 23.8 Å². The van der Waals surface area contributed by atoms with Crippen LogP contribution in [0.15, 0.2) is 24.4 Å². The minimum absolute atomic E-state index is 0.304. The number of esters is 1. The van der Waals surface area contributed by atoms with Gasteiger partial charge in [-0.3, -0.25) is 4.79 Å². The number of hydrogen-bond acceptors (Lipinski definition) is 3. The number of aromatic nitrogens is 1. The smallest absolute Gasteiger partial charge is 0.322 e. The number of halogens is 1. The fourth-order valence-electron chi connectivity index (χ4n) is 2.08. The molecule has 0 fully saturated rings. The number of methoxy groups -OCH3 is 1. The van der Waals surface area contributed by atoms with Crippen molar-refractivity contribution in [2.24, 2.45) is 12.8 Å². The van der Waals surface area contributed by atoms with Crippen molar-refractivity contribution < 1.29 is 13.9 Å². The fourth-order valence-corrected chi connectivity index (χ4v) is 2.08. The number of fused-ring (bicyclic) bond motifs is 1. The summed E-state index contributed by atoms with van der Waals surface area (Å²) in [5, 5.41) is 0.775. The minimum Gasteiger partial charge on any atom is -0.468 e. The first-order chi connectivity index (χ1) is 8.52. The first-order valence-corrected chi connectivity index (χ1v) is 5.60. The molecule has 2 rings (SSSR count). The summed E-state index contributed by atoms with van der Waals surface area (Å²) in [6, 6.07) is 3.84. The fraction of sp³-hybridized carbons (Fsp3) is 0.308. The van der Waals surface area contributed by atoms with Crippen molar-refractivity contribution in [2.75, 3.05) is 7.11 Å². The maximum atomic E-state index is 13.3. The van der Waals surface area contributed by atoms with Crippen LogP contribution in [0.25, 0.3) is 10.9 Å². The van der Waals surface area contributed by atoms with E-state index in [1.165, 1.54) is 19.2 Å². The van der Waals surface area contributed by atoms with Crippen LogP contribution in [0.4, 0.5) is 4.39 Å². The van der Waals surface area contributed by atoms with Gasteiger partial charge in [-0.1, -0.05) is 0 Å². The van der Waals surface area contributed by atoms with E-state index in [0.717, 1.165) is 16.5 Å². The van der Waals surface area contributed by atoms with Gasteiger partial charge in [0.05, 0.1) is 7.11 Å². The molecule has 2 aromatic rings. The molecule has 0 radical (unpaired) electrons. The SMILES string of the molecule is COC(=O)C(N)Cc1cn(C)c2ccc(F)cc12. The molecule has 0 aliphatic heterocycles. The van der Waals surface area contributed by atoms with Crippen molar-refractivity contribution >= 4 is 16.9 Å². The molecule has 0 amide bonds. The van der Waals surface area contributed by atoms with Crippen LogP contribution in [0.1, 0.15) is 5.56 Å². The van der Waals surface area contributed by atoms with Crippen LogP contribution in [0, 0.1) is 5.82 Å². The monoisotopic (exact) mass is 250 g/mol. The average molecular weight is 250 g/mol. The Kier molecular flexibility index (Phi) is 3.34. The Bertz CT molecular complexity index is 592. The maximum Gasteiger partial charge on any atom is 0.322 e. The van der Waals surface area contributed by atoms with E-state index in [2.05, 4.69) is 4.74 Å². The third kappa shape index (κ3) is 2.22. The molecule has 1 aromatic carbocycles. The number of carbonyl (C=O) groups excluding carboxylic acids is 1. The number of nitrogens with zero attached hydrogens (tertiary/aromatic N) is 1. The van der Waals surface area contributed by atoms with Crippen LogP contribution >= 0.6 is 0 Å². The molecule has 1 aromatic heterocycles. The molecular weight excluding hydrogens is 235 g/mol. The molecule has 0 spiro atoms. The van der Waals surface area contributed by atoms with E-state index in [9.17, 15) is 9.18 Å². The van der Waals surface area contributed by atoms with Gasteiger partial charge in [-0.2, -0.15) is 0 Å². The Morgan fingerprint density at radius 3 is 2.94 bits per heavy atom. The van der Waals surface area contributed by atoms with Gasteiger partial charge in [0.15, 0.2) is 0 Å². The summed E-state index contributed by atoms with van der Waals surface area (Å²) < 4.78 is 19.7. The summed E-state index contributed by atoms with van der Waals surface area (Å²) in [4.78, 5) is 11.3. The van der Waals surface area contributed by atoms with E-state index in [0.29, 0.717) is 6.42 Å². The highest BCUT2D eigenvalue weighted by Gasteiger charge is 2.17. The lowest BCUT2D eigenvalue weighted by Crippen LogP contribution is -2.33. The molecule has 1 heterocycles. The molecule has 18 heavy (non-hydrogen) atoms. The Morgan fingerprint density at radius 2 is 2.28 bits per heavy atom. The maximum absolute atomic E-state index is 13.3. The second-order valence-corrected chi connectivity index (χ2v) is 4.26. The molecule has 0 saturated carbocycles. The Hall–Kier alpha value is -1.88. The van der Waals surface area contributed by atoms with Gasteiger partial charge in [0, 0.05) is 30.6 Å². The second kappa shape index (κ2) is 4.78. The predicted molar refractivity (Wildman–Crippen MR) is 66.6 cm³/mol. The molecule has 4 nitrogen and oxygen atoms in total. The molecule has 0 aliphatic carbocycles. The molecule has 96 valence electrons. The zero-order valence-corrected chi connectivity index (χ0v) is 10.3. The Balaban J connectivity index is 2.39. The van der Waals surface area contributed by atoms with E-state index >= 15 is 0 Å². The van der Waals surface area contributed by atoms with Gasteiger partial charge in [-0.15, -0.1) is 0 Å². The molecule has 0 aliphatic rings. The third-order valence-corrected chi connectivity index (χ3v) is 2.98. The summed E-state index contributed by atoms with van der Waals surface area (Å²) >= 11 is 0. The van der Waals surface area contributed by atoms with Crippen LogP contribution < -0.4 is 5.73 Å². The molecule has 2 N–H and O–H groups in total. The van der Waals surface area contributed by atoms with Crippen molar-refractivity contribution in [3.05, 3.63) is 35.8 Å². The standard InChI is InChI=1S/C13H15FN2O2/c1-16-7-8(5-11(15)13(17)18-2)10-6-9(14)3-4-12(10)16/h3-4,6-7,11H,5,15H2,1-2H3. The van der Waals surface area contributed by atoms with Gasteiger partial charge in [0.1, 0.15) is 11.9 Å². The topological polar surface area (TPSA) is 57.2 Å². The van der Waals surface area contributed by atoms with Crippen LogP contribution in [-0.4, -0.2) is 23.7 Å². The van der Waals surface area contributed by atoms with Crippen LogP contribution in [0.5, 0.6) is 0 Å². The van der Waals surface area contributed by atoms with Crippen molar-refractivity contribution in [3.63, 3.8) is 0 Å². The second-order valence-electron chi connectivity index (χ2n) is 4.26. The van der Waals surface area contributed by atoms with Crippen molar-refractivity contribution in [3.8, 4) is 0 Å². The predicted octanol–water partition coefficient (Wildman–Crippen LogP) is 1.36. The van der Waals surface area contributed by atoms with Gasteiger partial charge in [0.2, 0.25) is 0 Å². The van der Waals surface area contributed by atoms with Crippen LogP contribution in [0.3, 0.4) is 0 Å². The average Bonchev–Trinajstić information content (AvgIpc) is 2.64. The van der Waals surface area contributed by atoms with E-state index < -0.39 is 12.0 Å². The minimum atomic E-state index is -0.733. The van der Waals surface area contributed by atoms with Gasteiger partial charge < -0.3 is 15.0 Å². The number of rotatable bonds is 3. The van der Waals surface area contributed by atoms with Gasteiger partial charge in [-0.25, -0.2) is 4.39 Å². The largest absolute Gasteiger partial charge is 0.468 e. The van der Waals surface area contributed by atoms with Crippen LogP contribution in [-0.2, 0) is 23.0 Å². The van der Waals surface area contributed by atoms with E-state index in [1.807, 2.05) is 17.8 Å². The van der Waals surface area contributed by atoms with Crippen molar-refractivity contribution in [1.29, 1.82) is 0 Å². The molecule has 1 atom stereocenters.